The average molecular weight is 492 g/mol. The Hall–Kier alpha value is -3.12. The molecule has 3 heterocycles. The van der Waals surface area contributed by atoms with Crippen molar-refractivity contribution in [1.29, 1.82) is 0 Å². The smallest absolute Gasteiger partial charge is 0.348 e. The van der Waals surface area contributed by atoms with E-state index in [0.717, 1.165) is 22.9 Å². The van der Waals surface area contributed by atoms with Crippen molar-refractivity contribution < 1.29 is 23.9 Å². The second-order valence-electron chi connectivity index (χ2n) is 7.01. The molecule has 12 heteroatoms. The second kappa shape index (κ2) is 10.7. The number of hydrogen-bond donors (Lipinski definition) is 1. The first-order valence-corrected chi connectivity index (χ1v) is 11.9. The van der Waals surface area contributed by atoms with E-state index in [1.165, 1.54) is 26.0 Å². The predicted molar refractivity (Wildman–Crippen MR) is 125 cm³/mol. The van der Waals surface area contributed by atoms with E-state index in [-0.39, 0.29) is 27.1 Å². The molecule has 0 radical (unpaired) electrons. The summed E-state index contributed by atoms with van der Waals surface area (Å²) in [5.41, 5.74) is 1.65. The minimum atomic E-state index is -0.641. The Bertz CT molecular complexity index is 1180. The highest BCUT2D eigenvalue weighted by Gasteiger charge is 2.27. The van der Waals surface area contributed by atoms with E-state index in [0.29, 0.717) is 23.7 Å². The fraction of sp³-hybridized carbons (Fsp3) is 0.381. The first kappa shape index (κ1) is 24.5. The highest BCUT2D eigenvalue weighted by atomic mass is 32.2. The van der Waals surface area contributed by atoms with Gasteiger partial charge in [0.2, 0.25) is 5.91 Å². The third kappa shape index (κ3) is 5.28. The van der Waals surface area contributed by atoms with E-state index in [1.807, 2.05) is 41.4 Å². The summed E-state index contributed by atoms with van der Waals surface area (Å²) in [6, 6.07) is 4.00. The molecule has 3 aromatic rings. The Morgan fingerprint density at radius 2 is 1.91 bits per heavy atom. The number of esters is 2. The van der Waals surface area contributed by atoms with Crippen molar-refractivity contribution in [3.8, 4) is 0 Å². The van der Waals surface area contributed by atoms with Gasteiger partial charge in [0, 0.05) is 31.9 Å². The summed E-state index contributed by atoms with van der Waals surface area (Å²) in [6.07, 6.45) is 2.60. The molecule has 33 heavy (non-hydrogen) atoms. The monoisotopic (exact) mass is 491 g/mol. The molecule has 0 saturated carbocycles. The van der Waals surface area contributed by atoms with Gasteiger partial charge in [0.15, 0.2) is 5.16 Å². The summed E-state index contributed by atoms with van der Waals surface area (Å²) >= 11 is 2.22. The maximum Gasteiger partial charge on any atom is 0.348 e. The number of carbonyl (C=O) groups excluding carboxylic acids is 3. The quantitative estimate of drug-likeness (QED) is 0.359. The van der Waals surface area contributed by atoms with Gasteiger partial charge in [-0.2, -0.15) is 0 Å². The van der Waals surface area contributed by atoms with Gasteiger partial charge in [-0.05, 0) is 31.5 Å². The van der Waals surface area contributed by atoms with Gasteiger partial charge in [0.25, 0.3) is 0 Å². The zero-order valence-corrected chi connectivity index (χ0v) is 20.6. The number of aromatic nitrogens is 4. The summed E-state index contributed by atoms with van der Waals surface area (Å²) in [4.78, 5) is 37.1. The minimum absolute atomic E-state index is 0.0490. The first-order chi connectivity index (χ1) is 15.8. The zero-order valence-electron chi connectivity index (χ0n) is 19.0. The first-order valence-electron chi connectivity index (χ1n) is 10.1. The third-order valence-electron chi connectivity index (χ3n) is 4.99. The predicted octanol–water partition coefficient (Wildman–Crippen LogP) is 2.90. The lowest BCUT2D eigenvalue weighted by Gasteiger charge is -2.08. The Morgan fingerprint density at radius 3 is 2.52 bits per heavy atom. The van der Waals surface area contributed by atoms with Crippen molar-refractivity contribution in [2.75, 3.05) is 25.3 Å². The van der Waals surface area contributed by atoms with E-state index < -0.39 is 11.9 Å². The summed E-state index contributed by atoms with van der Waals surface area (Å²) in [5, 5.41) is 12.1. The maximum atomic E-state index is 12.7. The zero-order chi connectivity index (χ0) is 24.1. The Morgan fingerprint density at radius 1 is 1.18 bits per heavy atom. The number of aryl methyl sites for hydroxylation is 1. The van der Waals surface area contributed by atoms with Crippen LogP contribution in [0.25, 0.3) is 0 Å². The van der Waals surface area contributed by atoms with Gasteiger partial charge in [-0.3, -0.25) is 4.79 Å². The molecule has 0 aromatic carbocycles. The van der Waals surface area contributed by atoms with Gasteiger partial charge in [0.05, 0.1) is 25.5 Å². The van der Waals surface area contributed by atoms with Crippen LogP contribution in [0.4, 0.5) is 5.00 Å². The average Bonchev–Trinajstić information content (AvgIpc) is 3.48. The second-order valence-corrected chi connectivity index (χ2v) is 8.97. The lowest BCUT2D eigenvalue weighted by Crippen LogP contribution is -2.16. The third-order valence-corrected chi connectivity index (χ3v) is 7.15. The molecular formula is C21H25N5O5S2. The molecule has 1 N–H and O–H groups in total. The van der Waals surface area contributed by atoms with Crippen LogP contribution in [-0.4, -0.2) is 57.1 Å². The molecule has 0 spiro atoms. The summed E-state index contributed by atoms with van der Waals surface area (Å²) in [5.74, 6) is -0.714. The summed E-state index contributed by atoms with van der Waals surface area (Å²) < 4.78 is 13.6. The number of carbonyl (C=O) groups is 3. The number of thiophene rings is 1. The molecule has 0 aliphatic carbocycles. The number of amides is 1. The molecule has 0 saturated heterocycles. The van der Waals surface area contributed by atoms with Crippen LogP contribution in [0.2, 0.25) is 0 Å². The van der Waals surface area contributed by atoms with E-state index in [4.69, 9.17) is 9.47 Å². The molecule has 176 valence electrons. The number of nitrogens with zero attached hydrogens (tertiary/aromatic N) is 4. The van der Waals surface area contributed by atoms with Gasteiger partial charge >= 0.3 is 11.9 Å². The number of anilines is 1. The van der Waals surface area contributed by atoms with E-state index >= 15 is 0 Å². The van der Waals surface area contributed by atoms with Crippen LogP contribution in [0.15, 0.2) is 23.5 Å². The molecule has 3 aromatic heterocycles. The van der Waals surface area contributed by atoms with E-state index in [2.05, 4.69) is 15.5 Å². The number of methoxy groups -OCH3 is 2. The number of thioether (sulfide) groups is 1. The lowest BCUT2D eigenvalue weighted by molar-refractivity contribution is -0.113. The van der Waals surface area contributed by atoms with Crippen molar-refractivity contribution in [2.24, 2.45) is 7.05 Å². The lowest BCUT2D eigenvalue weighted by atomic mass is 10.1. The molecular weight excluding hydrogens is 466 g/mol. The number of ether oxygens (including phenoxy) is 2. The van der Waals surface area contributed by atoms with Gasteiger partial charge in [-0.15, -0.1) is 21.5 Å². The molecule has 0 fully saturated rings. The van der Waals surface area contributed by atoms with Crippen LogP contribution in [0, 0.1) is 6.92 Å². The van der Waals surface area contributed by atoms with Gasteiger partial charge in [-0.25, -0.2) is 9.59 Å². The molecule has 3 rings (SSSR count). The van der Waals surface area contributed by atoms with Crippen LogP contribution in [0.5, 0.6) is 0 Å². The van der Waals surface area contributed by atoms with Crippen LogP contribution in [0.3, 0.4) is 0 Å². The standard InChI is InChI=1S/C21H25N5O5S2/c1-6-26-14(10-13-8-7-9-25(13)3)23-24-21(26)32-11-15(27)22-18-16(19(28)30-4)12(2)17(33-18)20(29)31-5/h7-9H,6,10-11H2,1-5H3,(H,22,27). The van der Waals surface area contributed by atoms with Crippen LogP contribution in [0.1, 0.15) is 44.0 Å². The normalized spacial score (nSPS) is 10.8. The van der Waals surface area contributed by atoms with Gasteiger partial charge in [-0.1, -0.05) is 11.8 Å². The maximum absolute atomic E-state index is 12.7. The largest absolute Gasteiger partial charge is 0.465 e. The molecule has 0 aliphatic rings. The van der Waals surface area contributed by atoms with Crippen molar-refractivity contribution >= 4 is 45.9 Å². The fourth-order valence-electron chi connectivity index (χ4n) is 3.25. The van der Waals surface area contributed by atoms with Gasteiger partial charge in [0.1, 0.15) is 15.7 Å². The number of hydrogen-bond acceptors (Lipinski definition) is 9. The molecule has 0 unspecified atom stereocenters. The van der Waals surface area contributed by atoms with Crippen molar-refractivity contribution in [1.82, 2.24) is 19.3 Å². The fourth-order valence-corrected chi connectivity index (χ4v) is 5.20. The molecule has 0 bridgehead atoms. The van der Waals surface area contributed by atoms with Gasteiger partial charge < -0.3 is 23.9 Å². The van der Waals surface area contributed by atoms with E-state index in [1.54, 1.807) is 6.92 Å². The number of nitrogens with one attached hydrogen (secondary N) is 1. The SMILES string of the molecule is CCn1c(Cc2cccn2C)nnc1SCC(=O)Nc1sc(C(=O)OC)c(C)c1C(=O)OC. The Kier molecular flexibility index (Phi) is 7.92. The van der Waals surface area contributed by atoms with Crippen molar-refractivity contribution in [2.45, 2.75) is 32.0 Å². The topological polar surface area (TPSA) is 117 Å². The Labute approximate surface area is 199 Å². The number of rotatable bonds is 9. The Balaban J connectivity index is 1.73. The summed E-state index contributed by atoms with van der Waals surface area (Å²) in [7, 11) is 4.47. The molecule has 0 aliphatic heterocycles. The van der Waals surface area contributed by atoms with Crippen molar-refractivity contribution in [3.05, 3.63) is 45.9 Å². The highest BCUT2D eigenvalue weighted by Crippen LogP contribution is 2.34. The minimum Gasteiger partial charge on any atom is -0.465 e. The molecule has 1 amide bonds. The summed E-state index contributed by atoms with van der Waals surface area (Å²) in [6.45, 7) is 4.26. The van der Waals surface area contributed by atoms with Crippen molar-refractivity contribution in [3.63, 3.8) is 0 Å². The van der Waals surface area contributed by atoms with Crippen LogP contribution < -0.4 is 5.32 Å². The molecule has 0 atom stereocenters. The van der Waals surface area contributed by atoms with Crippen LogP contribution >= 0.6 is 23.1 Å². The van der Waals surface area contributed by atoms with Crippen LogP contribution in [-0.2, 0) is 34.3 Å². The highest BCUT2D eigenvalue weighted by molar-refractivity contribution is 7.99. The van der Waals surface area contributed by atoms with E-state index in [9.17, 15) is 14.4 Å². The molecule has 10 nitrogen and oxygen atoms in total.